The number of benzene rings is 3. The number of hydrogen-bond acceptors (Lipinski definition) is 5. The van der Waals surface area contributed by atoms with Gasteiger partial charge in [0.05, 0.1) is 19.4 Å². The molecule has 7 nitrogen and oxygen atoms in total. The Hall–Kier alpha value is -3.97. The number of fused-ring (bicyclic) bond motifs is 1. The molecule has 0 saturated carbocycles. The highest BCUT2D eigenvalue weighted by atomic mass is 35.5. The van der Waals surface area contributed by atoms with Gasteiger partial charge in [-0.1, -0.05) is 29.8 Å². The second-order valence-corrected chi connectivity index (χ2v) is 7.86. The van der Waals surface area contributed by atoms with Gasteiger partial charge in [-0.05, 0) is 66.6 Å². The molecular formula is C26H23ClN2O5. The molecular weight excluding hydrogens is 456 g/mol. The zero-order valence-electron chi connectivity index (χ0n) is 18.7. The summed E-state index contributed by atoms with van der Waals surface area (Å²) in [5, 5.41) is 6.26. The number of carbonyl (C=O) groups excluding carboxylic acids is 2. The topological polar surface area (TPSA) is 85.9 Å². The Morgan fingerprint density at radius 1 is 1.09 bits per heavy atom. The molecule has 1 aliphatic heterocycles. The number of methoxy groups -OCH3 is 1. The Morgan fingerprint density at radius 3 is 2.62 bits per heavy atom. The Kier molecular flexibility index (Phi) is 7.04. The molecule has 2 N–H and O–H groups in total. The summed E-state index contributed by atoms with van der Waals surface area (Å²) in [5.74, 6) is 1.17. The van der Waals surface area contributed by atoms with Crippen LogP contribution < -0.4 is 24.8 Å². The van der Waals surface area contributed by atoms with Crippen LogP contribution in [-0.4, -0.2) is 25.5 Å². The number of ether oxygens (including phenoxy) is 3. The van der Waals surface area contributed by atoms with Crippen molar-refractivity contribution in [1.29, 1.82) is 0 Å². The van der Waals surface area contributed by atoms with E-state index in [2.05, 4.69) is 10.6 Å². The Labute approximate surface area is 202 Å². The molecule has 2 amide bonds. The summed E-state index contributed by atoms with van der Waals surface area (Å²) in [6.45, 7) is 2.70. The van der Waals surface area contributed by atoms with E-state index in [1.54, 1.807) is 61.7 Å². The molecule has 3 aromatic carbocycles. The summed E-state index contributed by atoms with van der Waals surface area (Å²) in [7, 11) is 1.58. The summed E-state index contributed by atoms with van der Waals surface area (Å²) in [4.78, 5) is 25.2. The van der Waals surface area contributed by atoms with Crippen molar-refractivity contribution < 1.29 is 23.8 Å². The van der Waals surface area contributed by atoms with Crippen molar-refractivity contribution in [1.82, 2.24) is 5.32 Å². The van der Waals surface area contributed by atoms with Gasteiger partial charge in [-0.25, -0.2) is 0 Å². The third-order valence-electron chi connectivity index (χ3n) is 5.08. The number of nitrogens with one attached hydrogen (secondary N) is 2. The minimum absolute atomic E-state index is 0.150. The summed E-state index contributed by atoms with van der Waals surface area (Å²) in [6, 6.07) is 17.4. The SMILES string of the molecule is CCOc1cc(CNC(=O)c2ccc3c(c2)NC(=O)C(=Cc2ccc(Cl)cc2)O3)ccc1OC. The molecule has 0 atom stereocenters. The highest BCUT2D eigenvalue weighted by Crippen LogP contribution is 2.33. The lowest BCUT2D eigenvalue weighted by atomic mass is 10.1. The molecule has 0 unspecified atom stereocenters. The van der Waals surface area contributed by atoms with Crippen LogP contribution in [0, 0.1) is 0 Å². The van der Waals surface area contributed by atoms with Crippen LogP contribution in [0.25, 0.3) is 6.08 Å². The number of amides is 2. The summed E-state index contributed by atoms with van der Waals surface area (Å²) in [5.41, 5.74) is 2.46. The van der Waals surface area contributed by atoms with Gasteiger partial charge in [-0.15, -0.1) is 0 Å². The molecule has 0 fully saturated rings. The van der Waals surface area contributed by atoms with E-state index in [1.165, 1.54) is 0 Å². The minimum atomic E-state index is -0.401. The molecule has 0 spiro atoms. The molecule has 0 aromatic heterocycles. The summed E-state index contributed by atoms with van der Waals surface area (Å²) in [6.07, 6.45) is 1.63. The van der Waals surface area contributed by atoms with Crippen molar-refractivity contribution in [3.8, 4) is 17.2 Å². The Balaban J connectivity index is 1.44. The lowest BCUT2D eigenvalue weighted by Crippen LogP contribution is -2.25. The van der Waals surface area contributed by atoms with Gasteiger partial charge in [0.25, 0.3) is 11.8 Å². The van der Waals surface area contributed by atoms with Crippen LogP contribution in [0.3, 0.4) is 0 Å². The first-order valence-electron chi connectivity index (χ1n) is 10.6. The maximum atomic E-state index is 12.7. The first-order valence-corrected chi connectivity index (χ1v) is 11.0. The molecule has 0 aliphatic carbocycles. The van der Waals surface area contributed by atoms with Crippen molar-refractivity contribution in [2.45, 2.75) is 13.5 Å². The van der Waals surface area contributed by atoms with Crippen LogP contribution in [0.2, 0.25) is 5.02 Å². The molecule has 4 rings (SSSR count). The molecule has 0 saturated heterocycles. The number of halogens is 1. The van der Waals surface area contributed by atoms with Crippen molar-refractivity contribution >= 4 is 35.2 Å². The van der Waals surface area contributed by atoms with Crippen LogP contribution in [0.15, 0.2) is 66.4 Å². The largest absolute Gasteiger partial charge is 0.493 e. The maximum Gasteiger partial charge on any atom is 0.291 e. The Bertz CT molecular complexity index is 1250. The molecule has 1 aliphatic rings. The second-order valence-electron chi connectivity index (χ2n) is 7.43. The molecule has 0 radical (unpaired) electrons. The van der Waals surface area contributed by atoms with Gasteiger partial charge in [0.2, 0.25) is 0 Å². The molecule has 174 valence electrons. The van der Waals surface area contributed by atoms with E-state index in [4.69, 9.17) is 25.8 Å². The average molecular weight is 479 g/mol. The van der Waals surface area contributed by atoms with Crippen molar-refractivity contribution in [2.75, 3.05) is 19.0 Å². The Morgan fingerprint density at radius 2 is 1.88 bits per heavy atom. The lowest BCUT2D eigenvalue weighted by Gasteiger charge is -2.20. The highest BCUT2D eigenvalue weighted by molar-refractivity contribution is 6.30. The van der Waals surface area contributed by atoms with E-state index >= 15 is 0 Å². The van der Waals surface area contributed by atoms with E-state index < -0.39 is 5.91 Å². The molecule has 8 heteroatoms. The van der Waals surface area contributed by atoms with E-state index in [0.29, 0.717) is 46.7 Å². The molecule has 1 heterocycles. The lowest BCUT2D eigenvalue weighted by molar-refractivity contribution is -0.115. The van der Waals surface area contributed by atoms with E-state index in [1.807, 2.05) is 19.1 Å². The van der Waals surface area contributed by atoms with Crippen LogP contribution in [0.5, 0.6) is 17.2 Å². The predicted molar refractivity (Wildman–Crippen MR) is 130 cm³/mol. The monoisotopic (exact) mass is 478 g/mol. The van der Waals surface area contributed by atoms with Gasteiger partial charge in [0.1, 0.15) is 0 Å². The highest BCUT2D eigenvalue weighted by Gasteiger charge is 2.23. The molecule has 3 aromatic rings. The second kappa shape index (κ2) is 10.3. The van der Waals surface area contributed by atoms with Gasteiger partial charge >= 0.3 is 0 Å². The fourth-order valence-corrected chi connectivity index (χ4v) is 3.52. The number of anilines is 1. The first-order chi connectivity index (χ1) is 16.5. The van der Waals surface area contributed by atoms with Gasteiger partial charge in [-0.2, -0.15) is 0 Å². The maximum absolute atomic E-state index is 12.7. The van der Waals surface area contributed by atoms with Crippen LogP contribution in [0.1, 0.15) is 28.4 Å². The zero-order valence-corrected chi connectivity index (χ0v) is 19.4. The molecule has 34 heavy (non-hydrogen) atoms. The van der Waals surface area contributed by atoms with Gasteiger partial charge in [-0.3, -0.25) is 9.59 Å². The smallest absolute Gasteiger partial charge is 0.291 e. The third kappa shape index (κ3) is 5.32. The van der Waals surface area contributed by atoms with Crippen molar-refractivity contribution in [2.24, 2.45) is 0 Å². The standard InChI is InChI=1S/C26H23ClN2O5/c1-3-33-23-13-17(6-10-22(23)32-2)15-28-25(30)18-7-11-21-20(14-18)29-26(31)24(34-21)12-16-4-8-19(27)9-5-16/h4-14H,3,15H2,1-2H3,(H,28,30)(H,29,31). The first kappa shape index (κ1) is 23.2. The quantitative estimate of drug-likeness (QED) is 0.464. The normalized spacial score (nSPS) is 13.5. The van der Waals surface area contributed by atoms with Gasteiger partial charge < -0.3 is 24.8 Å². The predicted octanol–water partition coefficient (Wildman–Crippen LogP) is 5.05. The van der Waals surface area contributed by atoms with Crippen molar-refractivity contribution in [3.05, 3.63) is 88.1 Å². The van der Waals surface area contributed by atoms with Crippen LogP contribution >= 0.6 is 11.6 Å². The van der Waals surface area contributed by atoms with E-state index in [0.717, 1.165) is 11.1 Å². The summed E-state index contributed by atoms with van der Waals surface area (Å²) < 4.78 is 16.6. The average Bonchev–Trinajstić information content (AvgIpc) is 2.84. The van der Waals surface area contributed by atoms with Crippen molar-refractivity contribution in [3.63, 3.8) is 0 Å². The number of rotatable bonds is 7. The van der Waals surface area contributed by atoms with E-state index in [9.17, 15) is 9.59 Å². The van der Waals surface area contributed by atoms with Crippen LogP contribution in [-0.2, 0) is 11.3 Å². The fourth-order valence-electron chi connectivity index (χ4n) is 3.40. The number of carbonyl (C=O) groups is 2. The number of hydrogen-bond donors (Lipinski definition) is 2. The van der Waals surface area contributed by atoms with E-state index in [-0.39, 0.29) is 11.7 Å². The minimum Gasteiger partial charge on any atom is -0.493 e. The third-order valence-corrected chi connectivity index (χ3v) is 5.33. The van der Waals surface area contributed by atoms with Gasteiger partial charge in [0, 0.05) is 17.1 Å². The van der Waals surface area contributed by atoms with Gasteiger partial charge in [0.15, 0.2) is 23.0 Å². The zero-order chi connectivity index (χ0) is 24.1. The van der Waals surface area contributed by atoms with Crippen LogP contribution in [0.4, 0.5) is 5.69 Å². The summed E-state index contributed by atoms with van der Waals surface area (Å²) >= 11 is 5.90. The fraction of sp³-hybridized carbons (Fsp3) is 0.154. The molecule has 0 bridgehead atoms.